The normalized spacial score (nSPS) is 26.6. The van der Waals surface area contributed by atoms with Gasteiger partial charge in [0.25, 0.3) is 5.91 Å². The molecular formula is C16H19NO3. The summed E-state index contributed by atoms with van der Waals surface area (Å²) in [4.78, 5) is 26.2. The first-order valence-electron chi connectivity index (χ1n) is 7.24. The van der Waals surface area contributed by atoms with Crippen LogP contribution in [0, 0.1) is 5.92 Å². The number of carbonyl (C=O) groups is 2. The molecule has 1 N–H and O–H groups in total. The van der Waals surface area contributed by atoms with Crippen LogP contribution >= 0.6 is 0 Å². The number of nitrogens with zero attached hydrogens (tertiary/aromatic N) is 1. The Balaban J connectivity index is 1.75. The molecule has 1 heterocycles. The van der Waals surface area contributed by atoms with Gasteiger partial charge in [-0.2, -0.15) is 0 Å². The SMILES string of the molecule is O=C(CC1CCC1)[C@@]1(O)CCN(c2ccccc2)C1=O. The lowest BCUT2D eigenvalue weighted by molar-refractivity contribution is -0.148. The van der Waals surface area contributed by atoms with Crippen LogP contribution < -0.4 is 4.90 Å². The van der Waals surface area contributed by atoms with E-state index in [2.05, 4.69) is 0 Å². The molecule has 1 saturated carbocycles. The molecule has 1 aromatic rings. The summed E-state index contributed by atoms with van der Waals surface area (Å²) in [6.45, 7) is 0.399. The molecule has 106 valence electrons. The zero-order chi connectivity index (χ0) is 14.2. The number of anilines is 1. The summed E-state index contributed by atoms with van der Waals surface area (Å²) in [6, 6.07) is 9.20. The third-order valence-electron chi connectivity index (χ3n) is 4.52. The van der Waals surface area contributed by atoms with Crippen molar-refractivity contribution in [1.29, 1.82) is 0 Å². The van der Waals surface area contributed by atoms with Crippen LogP contribution in [0.25, 0.3) is 0 Å². The summed E-state index contributed by atoms with van der Waals surface area (Å²) in [5, 5.41) is 10.5. The maximum absolute atomic E-state index is 12.4. The van der Waals surface area contributed by atoms with E-state index < -0.39 is 11.5 Å². The highest BCUT2D eigenvalue weighted by Crippen LogP contribution is 2.35. The minimum absolute atomic E-state index is 0.201. The van der Waals surface area contributed by atoms with Gasteiger partial charge < -0.3 is 10.0 Å². The van der Waals surface area contributed by atoms with Crippen LogP contribution in [0.3, 0.4) is 0 Å². The van der Waals surface area contributed by atoms with E-state index >= 15 is 0 Å². The van der Waals surface area contributed by atoms with E-state index in [0.717, 1.165) is 24.9 Å². The van der Waals surface area contributed by atoms with E-state index in [0.29, 0.717) is 18.9 Å². The number of rotatable bonds is 4. The molecule has 1 atom stereocenters. The molecule has 1 aliphatic carbocycles. The summed E-state index contributed by atoms with van der Waals surface area (Å²) in [6.07, 6.45) is 3.77. The first kappa shape index (κ1) is 13.3. The molecule has 2 aliphatic rings. The fraction of sp³-hybridized carbons (Fsp3) is 0.500. The quantitative estimate of drug-likeness (QED) is 0.853. The van der Waals surface area contributed by atoms with Gasteiger partial charge in [0, 0.05) is 25.1 Å². The lowest BCUT2D eigenvalue weighted by Crippen LogP contribution is -2.47. The molecule has 2 fully saturated rings. The fourth-order valence-corrected chi connectivity index (χ4v) is 2.95. The topological polar surface area (TPSA) is 57.6 Å². The molecule has 1 aliphatic heterocycles. The maximum Gasteiger partial charge on any atom is 0.266 e. The first-order chi connectivity index (χ1) is 9.61. The Labute approximate surface area is 118 Å². The van der Waals surface area contributed by atoms with E-state index in [-0.39, 0.29) is 12.2 Å². The zero-order valence-corrected chi connectivity index (χ0v) is 11.4. The molecule has 4 nitrogen and oxygen atoms in total. The van der Waals surface area contributed by atoms with E-state index in [1.807, 2.05) is 30.3 Å². The van der Waals surface area contributed by atoms with Crippen LogP contribution in [0.15, 0.2) is 30.3 Å². The summed E-state index contributed by atoms with van der Waals surface area (Å²) in [5.41, 5.74) is -1.06. The number of carbonyl (C=O) groups excluding carboxylic acids is 2. The van der Waals surface area contributed by atoms with Crippen molar-refractivity contribution in [1.82, 2.24) is 0 Å². The predicted molar refractivity (Wildman–Crippen MR) is 75.3 cm³/mol. The van der Waals surface area contributed by atoms with Crippen molar-refractivity contribution in [2.24, 2.45) is 5.92 Å². The number of hydrogen-bond acceptors (Lipinski definition) is 3. The molecule has 0 unspecified atom stereocenters. The first-order valence-corrected chi connectivity index (χ1v) is 7.24. The van der Waals surface area contributed by atoms with Crippen molar-refractivity contribution in [2.75, 3.05) is 11.4 Å². The summed E-state index contributed by atoms with van der Waals surface area (Å²) in [5.74, 6) is -0.399. The molecule has 1 aromatic carbocycles. The number of aliphatic hydroxyl groups is 1. The Kier molecular flexibility index (Phi) is 3.34. The number of Topliss-reactive ketones (excluding diaryl/α,β-unsaturated/α-hetero) is 1. The molecule has 1 amide bonds. The Hall–Kier alpha value is -1.68. The highest BCUT2D eigenvalue weighted by molar-refractivity contribution is 6.17. The highest BCUT2D eigenvalue weighted by atomic mass is 16.3. The molecule has 0 spiro atoms. The molecule has 0 aromatic heterocycles. The van der Waals surface area contributed by atoms with Crippen LogP contribution in [0.4, 0.5) is 5.69 Å². The van der Waals surface area contributed by atoms with Crippen molar-refractivity contribution >= 4 is 17.4 Å². The van der Waals surface area contributed by atoms with Gasteiger partial charge in [0.2, 0.25) is 5.60 Å². The summed E-state index contributed by atoms with van der Waals surface area (Å²) < 4.78 is 0. The largest absolute Gasteiger partial charge is 0.373 e. The smallest absolute Gasteiger partial charge is 0.266 e. The number of benzene rings is 1. The molecule has 4 heteroatoms. The molecular weight excluding hydrogens is 254 g/mol. The number of amides is 1. The lowest BCUT2D eigenvalue weighted by atomic mass is 9.78. The second-order valence-corrected chi connectivity index (χ2v) is 5.83. The van der Waals surface area contributed by atoms with Crippen LogP contribution in [0.5, 0.6) is 0 Å². The zero-order valence-electron chi connectivity index (χ0n) is 11.4. The van der Waals surface area contributed by atoms with Crippen molar-refractivity contribution in [3.8, 4) is 0 Å². The van der Waals surface area contributed by atoms with E-state index in [4.69, 9.17) is 0 Å². The molecule has 20 heavy (non-hydrogen) atoms. The minimum Gasteiger partial charge on any atom is -0.373 e. The minimum atomic E-state index is -1.80. The van der Waals surface area contributed by atoms with Crippen LogP contribution in [-0.4, -0.2) is 28.9 Å². The van der Waals surface area contributed by atoms with Crippen LogP contribution in [-0.2, 0) is 9.59 Å². The third-order valence-corrected chi connectivity index (χ3v) is 4.52. The second kappa shape index (κ2) is 5.02. The monoisotopic (exact) mass is 273 g/mol. The Morgan fingerprint density at radius 3 is 2.60 bits per heavy atom. The second-order valence-electron chi connectivity index (χ2n) is 5.83. The Morgan fingerprint density at radius 1 is 1.30 bits per heavy atom. The molecule has 1 saturated heterocycles. The van der Waals surface area contributed by atoms with Gasteiger partial charge in [-0.1, -0.05) is 37.5 Å². The van der Waals surface area contributed by atoms with Gasteiger partial charge in [-0.15, -0.1) is 0 Å². The molecule has 0 radical (unpaired) electrons. The number of para-hydroxylation sites is 1. The van der Waals surface area contributed by atoms with Gasteiger partial charge in [-0.25, -0.2) is 0 Å². The van der Waals surface area contributed by atoms with Crippen molar-refractivity contribution in [3.63, 3.8) is 0 Å². The summed E-state index contributed by atoms with van der Waals surface area (Å²) in [7, 11) is 0. The standard InChI is InChI=1S/C16H19NO3/c18-14(11-12-5-4-6-12)16(20)9-10-17(15(16)19)13-7-2-1-3-8-13/h1-3,7-8,12,20H,4-6,9-11H2/t16-/m0/s1. The number of ketones is 1. The number of hydrogen-bond donors (Lipinski definition) is 1. The van der Waals surface area contributed by atoms with Crippen molar-refractivity contribution < 1.29 is 14.7 Å². The Morgan fingerprint density at radius 2 is 2.00 bits per heavy atom. The maximum atomic E-state index is 12.4. The van der Waals surface area contributed by atoms with E-state index in [1.54, 1.807) is 0 Å². The lowest BCUT2D eigenvalue weighted by Gasteiger charge is -2.28. The molecule has 3 rings (SSSR count). The van der Waals surface area contributed by atoms with E-state index in [9.17, 15) is 14.7 Å². The van der Waals surface area contributed by atoms with Crippen LogP contribution in [0.2, 0.25) is 0 Å². The van der Waals surface area contributed by atoms with Crippen molar-refractivity contribution in [2.45, 2.75) is 37.7 Å². The van der Waals surface area contributed by atoms with Gasteiger partial charge in [-0.05, 0) is 18.1 Å². The van der Waals surface area contributed by atoms with Gasteiger partial charge in [-0.3, -0.25) is 9.59 Å². The average molecular weight is 273 g/mol. The van der Waals surface area contributed by atoms with Gasteiger partial charge in [0.1, 0.15) is 0 Å². The Bertz CT molecular complexity index is 524. The molecule has 0 bridgehead atoms. The average Bonchev–Trinajstić information content (AvgIpc) is 2.73. The predicted octanol–water partition coefficient (Wildman–Crippen LogP) is 1.91. The fourth-order valence-electron chi connectivity index (χ4n) is 2.95. The summed E-state index contributed by atoms with van der Waals surface area (Å²) >= 11 is 0. The third kappa shape index (κ3) is 2.14. The van der Waals surface area contributed by atoms with Gasteiger partial charge in [0.05, 0.1) is 0 Å². The van der Waals surface area contributed by atoms with Gasteiger partial charge in [0.15, 0.2) is 5.78 Å². The van der Waals surface area contributed by atoms with Crippen LogP contribution in [0.1, 0.15) is 32.1 Å². The van der Waals surface area contributed by atoms with E-state index in [1.165, 1.54) is 4.90 Å². The van der Waals surface area contributed by atoms with Crippen molar-refractivity contribution in [3.05, 3.63) is 30.3 Å². The van der Waals surface area contributed by atoms with Gasteiger partial charge >= 0.3 is 0 Å². The highest BCUT2D eigenvalue weighted by Gasteiger charge is 2.51.